The van der Waals surface area contributed by atoms with Crippen molar-refractivity contribution in [2.75, 3.05) is 18.4 Å². The number of rotatable bonds is 5. The Labute approximate surface area is 129 Å². The lowest BCUT2D eigenvalue weighted by atomic mass is 10.1. The zero-order valence-electron chi connectivity index (χ0n) is 13.0. The van der Waals surface area contributed by atoms with Crippen LogP contribution in [0.1, 0.15) is 31.9 Å². The van der Waals surface area contributed by atoms with Gasteiger partial charge in [-0.25, -0.2) is 0 Å². The van der Waals surface area contributed by atoms with E-state index < -0.39 is 0 Å². The number of hydrogen-bond acceptors (Lipinski definition) is 4. The van der Waals surface area contributed by atoms with Gasteiger partial charge in [-0.05, 0) is 13.3 Å². The van der Waals surface area contributed by atoms with Crippen LogP contribution in [0.4, 0.5) is 5.82 Å². The number of aromatic nitrogens is 2. The molecule has 1 unspecified atom stereocenters. The van der Waals surface area contributed by atoms with Gasteiger partial charge >= 0.3 is 0 Å². The highest BCUT2D eigenvalue weighted by atomic mass is 16.2. The fourth-order valence-electron chi connectivity index (χ4n) is 2.61. The normalized spacial score (nSPS) is 17.3. The van der Waals surface area contributed by atoms with Gasteiger partial charge in [0.15, 0.2) is 5.82 Å². The summed E-state index contributed by atoms with van der Waals surface area (Å²) in [6, 6.07) is 3.86. The smallest absolute Gasteiger partial charge is 0.230 e. The highest BCUT2D eigenvalue weighted by Gasteiger charge is 2.30. The van der Waals surface area contributed by atoms with Crippen molar-refractivity contribution in [1.82, 2.24) is 14.7 Å². The van der Waals surface area contributed by atoms with E-state index in [1.54, 1.807) is 15.6 Å². The number of hydrogen-bond donors (Lipinski definition) is 1. The molecule has 0 saturated carbocycles. The second kappa shape index (κ2) is 7.07. The molecule has 1 aromatic heterocycles. The maximum atomic E-state index is 12.3. The Hall–Kier alpha value is -2.36. The van der Waals surface area contributed by atoms with Crippen LogP contribution >= 0.6 is 0 Å². The molecule has 1 fully saturated rings. The summed E-state index contributed by atoms with van der Waals surface area (Å²) in [6.45, 7) is 5.34. The number of carbonyl (C=O) groups is 2. The van der Waals surface area contributed by atoms with Crippen LogP contribution in [0.15, 0.2) is 6.07 Å². The molecule has 0 bridgehead atoms. The van der Waals surface area contributed by atoms with Crippen LogP contribution in [0.25, 0.3) is 0 Å². The van der Waals surface area contributed by atoms with Gasteiger partial charge in [0.05, 0.1) is 25.0 Å². The summed E-state index contributed by atoms with van der Waals surface area (Å²) in [4.78, 5) is 25.6. The fraction of sp³-hybridized carbons (Fsp3) is 0.600. The van der Waals surface area contributed by atoms with Crippen molar-refractivity contribution in [3.63, 3.8) is 0 Å². The summed E-state index contributed by atoms with van der Waals surface area (Å²) in [7, 11) is 0. The molecule has 1 aliphatic rings. The molecular formula is C15H21N5O2. The van der Waals surface area contributed by atoms with E-state index in [9.17, 15) is 9.59 Å². The molecule has 22 heavy (non-hydrogen) atoms. The number of aryl methyl sites for hydroxylation is 2. The molecule has 1 aliphatic heterocycles. The van der Waals surface area contributed by atoms with Gasteiger partial charge in [0.25, 0.3) is 0 Å². The summed E-state index contributed by atoms with van der Waals surface area (Å²) in [6.07, 6.45) is 1.54. The Morgan fingerprint density at radius 1 is 1.55 bits per heavy atom. The third-order valence-corrected chi connectivity index (χ3v) is 3.88. The Kier molecular flexibility index (Phi) is 5.15. The van der Waals surface area contributed by atoms with Crippen LogP contribution in [0, 0.1) is 24.2 Å². The van der Waals surface area contributed by atoms with Gasteiger partial charge in [0.2, 0.25) is 11.8 Å². The Morgan fingerprint density at radius 3 is 3.00 bits per heavy atom. The van der Waals surface area contributed by atoms with E-state index in [4.69, 9.17) is 5.26 Å². The lowest BCUT2D eigenvalue weighted by Crippen LogP contribution is -2.31. The first-order valence-electron chi connectivity index (χ1n) is 7.55. The number of likely N-dealkylation sites (tertiary alicyclic amines) is 1. The van der Waals surface area contributed by atoms with Gasteiger partial charge in [-0.1, -0.05) is 6.92 Å². The van der Waals surface area contributed by atoms with Crippen molar-refractivity contribution in [3.05, 3.63) is 11.8 Å². The SMILES string of the molecule is CCC(=O)N1CCC(C(=O)Nc2cc(C)n(CCC#N)n2)C1. The molecule has 7 heteroatoms. The minimum absolute atomic E-state index is 0.0897. The van der Waals surface area contributed by atoms with Crippen LogP contribution in [-0.4, -0.2) is 39.6 Å². The Bertz CT molecular complexity index is 602. The summed E-state index contributed by atoms with van der Waals surface area (Å²) < 4.78 is 1.71. The predicted molar refractivity (Wildman–Crippen MR) is 80.8 cm³/mol. The van der Waals surface area contributed by atoms with Crippen LogP contribution < -0.4 is 5.32 Å². The average Bonchev–Trinajstić information content (AvgIpc) is 3.11. The minimum Gasteiger partial charge on any atom is -0.342 e. The summed E-state index contributed by atoms with van der Waals surface area (Å²) in [5.74, 6) is 0.309. The van der Waals surface area contributed by atoms with Gasteiger partial charge in [-0.3, -0.25) is 14.3 Å². The fourth-order valence-corrected chi connectivity index (χ4v) is 2.61. The quantitative estimate of drug-likeness (QED) is 0.887. The largest absolute Gasteiger partial charge is 0.342 e. The van der Waals surface area contributed by atoms with Crippen molar-refractivity contribution in [2.45, 2.75) is 39.7 Å². The van der Waals surface area contributed by atoms with Gasteiger partial charge < -0.3 is 10.2 Å². The van der Waals surface area contributed by atoms with E-state index in [1.165, 1.54) is 0 Å². The maximum Gasteiger partial charge on any atom is 0.230 e. The highest BCUT2D eigenvalue weighted by Crippen LogP contribution is 2.19. The van der Waals surface area contributed by atoms with Crippen LogP contribution in [-0.2, 0) is 16.1 Å². The molecule has 0 spiro atoms. The average molecular weight is 303 g/mol. The van der Waals surface area contributed by atoms with Crippen molar-refractivity contribution >= 4 is 17.6 Å². The van der Waals surface area contributed by atoms with Crippen LogP contribution in [0.5, 0.6) is 0 Å². The molecule has 0 aromatic carbocycles. The third-order valence-electron chi connectivity index (χ3n) is 3.88. The van der Waals surface area contributed by atoms with Crippen LogP contribution in [0.3, 0.4) is 0 Å². The zero-order valence-corrected chi connectivity index (χ0v) is 13.0. The van der Waals surface area contributed by atoms with Crippen molar-refractivity contribution in [1.29, 1.82) is 5.26 Å². The Balaban J connectivity index is 1.93. The molecule has 2 heterocycles. The molecule has 2 rings (SSSR count). The van der Waals surface area contributed by atoms with E-state index in [1.807, 2.05) is 13.8 Å². The van der Waals surface area contributed by atoms with E-state index in [2.05, 4.69) is 16.5 Å². The number of nitrogens with zero attached hydrogens (tertiary/aromatic N) is 4. The summed E-state index contributed by atoms with van der Waals surface area (Å²) in [5.41, 5.74) is 0.903. The maximum absolute atomic E-state index is 12.3. The number of amides is 2. The van der Waals surface area contributed by atoms with Gasteiger partial charge in [0.1, 0.15) is 0 Å². The Morgan fingerprint density at radius 2 is 2.32 bits per heavy atom. The molecule has 0 aliphatic carbocycles. The molecule has 1 aromatic rings. The first-order chi connectivity index (χ1) is 10.5. The first kappa shape index (κ1) is 16.0. The number of nitriles is 1. The monoisotopic (exact) mass is 303 g/mol. The summed E-state index contributed by atoms with van der Waals surface area (Å²) in [5, 5.41) is 15.7. The predicted octanol–water partition coefficient (Wildman–Crippen LogP) is 1.30. The topological polar surface area (TPSA) is 91.0 Å². The van der Waals surface area contributed by atoms with Crippen LogP contribution in [0.2, 0.25) is 0 Å². The summed E-state index contributed by atoms with van der Waals surface area (Å²) >= 11 is 0. The highest BCUT2D eigenvalue weighted by molar-refractivity contribution is 5.92. The number of nitrogens with one attached hydrogen (secondary N) is 1. The molecule has 1 atom stereocenters. The van der Waals surface area contributed by atoms with E-state index in [0.29, 0.717) is 44.7 Å². The standard InChI is InChI=1S/C15H21N5O2/c1-3-14(21)19-8-5-12(10-19)15(22)17-13-9-11(2)20(18-13)7-4-6-16/h9,12H,3-5,7-8,10H2,1-2H3,(H,17,18,22). The molecule has 118 valence electrons. The van der Waals surface area contributed by atoms with E-state index in [0.717, 1.165) is 5.69 Å². The number of anilines is 1. The molecular weight excluding hydrogens is 282 g/mol. The second-order valence-corrected chi connectivity index (χ2v) is 5.47. The lowest BCUT2D eigenvalue weighted by Gasteiger charge is -2.15. The molecule has 1 N–H and O–H groups in total. The molecule has 2 amide bonds. The van der Waals surface area contributed by atoms with Gasteiger partial charge in [-0.15, -0.1) is 0 Å². The minimum atomic E-state index is -0.180. The molecule has 0 radical (unpaired) electrons. The lowest BCUT2D eigenvalue weighted by molar-refractivity contribution is -0.130. The first-order valence-corrected chi connectivity index (χ1v) is 7.55. The third kappa shape index (κ3) is 3.64. The van der Waals surface area contributed by atoms with Crippen molar-refractivity contribution < 1.29 is 9.59 Å². The molecule has 7 nitrogen and oxygen atoms in total. The van der Waals surface area contributed by atoms with Crippen molar-refractivity contribution in [2.24, 2.45) is 5.92 Å². The number of carbonyl (C=O) groups excluding carboxylic acids is 2. The molecule has 1 saturated heterocycles. The van der Waals surface area contributed by atoms with Crippen molar-refractivity contribution in [3.8, 4) is 6.07 Å². The van der Waals surface area contributed by atoms with E-state index >= 15 is 0 Å². The van der Waals surface area contributed by atoms with E-state index in [-0.39, 0.29) is 17.7 Å². The second-order valence-electron chi connectivity index (χ2n) is 5.47. The van der Waals surface area contributed by atoms with Gasteiger partial charge in [-0.2, -0.15) is 10.4 Å². The van der Waals surface area contributed by atoms with Gasteiger partial charge in [0, 0.05) is 31.3 Å². The zero-order chi connectivity index (χ0) is 16.1.